The number of carbonyl (C=O) groups is 5. The van der Waals surface area contributed by atoms with E-state index < -0.39 is 36.0 Å². The number of benzene rings is 3. The molecule has 2 atom stereocenters. The fourth-order valence-corrected chi connectivity index (χ4v) is 6.74. The van der Waals surface area contributed by atoms with E-state index >= 15 is 0 Å². The minimum atomic E-state index is -0.971. The summed E-state index contributed by atoms with van der Waals surface area (Å²) in [6, 6.07) is 20.2. The highest BCUT2D eigenvalue weighted by Gasteiger charge is 2.29. The van der Waals surface area contributed by atoms with Crippen molar-refractivity contribution >= 4 is 63.3 Å². The first-order valence-corrected chi connectivity index (χ1v) is 20.8. The van der Waals surface area contributed by atoms with Gasteiger partial charge in [-0.15, -0.1) is 0 Å². The second kappa shape index (κ2) is 21.5. The van der Waals surface area contributed by atoms with Crippen LogP contribution in [0.5, 0.6) is 0 Å². The lowest BCUT2D eigenvalue weighted by atomic mass is 10.0. The minimum absolute atomic E-state index is 0.00280. The van der Waals surface area contributed by atoms with Crippen molar-refractivity contribution in [2.24, 2.45) is 17.6 Å². The van der Waals surface area contributed by atoms with Gasteiger partial charge in [0.2, 0.25) is 17.7 Å². The standard InChI is InChI=1S/C45H58N10O6/c1-6-7-14-36-53-38-39(33-11-8-9-12-34(33)51-40(38)46)55(36)25-30-17-15-29(16-18-30)24-49-45(60)61-26-31-19-21-32(22-20-31)50-42(57)35(13-10-23-48-44(47)59)52-43(58)37(27(2)3)54-41(56)28(4)5/h8-9,11-12,15-22,27-28,35,37H,6-7,10,13-14,23-26H2,1-5H3,(H2,46,51)(H,49,60)(H,50,57)(H,52,58)(H,54,56)(H3,47,48,59)/t35-,37?/m0/s1. The number of rotatable bonds is 20. The Morgan fingerprint density at radius 2 is 1.48 bits per heavy atom. The number of urea groups is 1. The molecule has 61 heavy (non-hydrogen) atoms. The number of ether oxygens (including phenoxy) is 1. The van der Waals surface area contributed by atoms with Crippen LogP contribution in [0.3, 0.4) is 0 Å². The SMILES string of the molecule is CCCCc1nc2c(N)nc3ccccc3c2n1Cc1ccc(CNC(=O)OCc2ccc(NC(=O)[C@H](CCCNC(N)=O)NC(=O)C(NC(=O)C(C)C)C(C)C)cc2)cc1. The van der Waals surface area contributed by atoms with E-state index in [4.69, 9.17) is 21.2 Å². The molecule has 0 fully saturated rings. The lowest BCUT2D eigenvalue weighted by molar-refractivity contribution is -0.133. The number of amides is 6. The van der Waals surface area contributed by atoms with Crippen molar-refractivity contribution in [3.05, 3.63) is 95.3 Å². The molecule has 5 aromatic rings. The first kappa shape index (κ1) is 45.4. The Kier molecular flexibility index (Phi) is 16.0. The molecule has 16 heteroatoms. The van der Waals surface area contributed by atoms with Gasteiger partial charge in [-0.3, -0.25) is 14.4 Å². The van der Waals surface area contributed by atoms with Gasteiger partial charge < -0.3 is 47.4 Å². The lowest BCUT2D eigenvalue weighted by Crippen LogP contribution is -2.55. The Morgan fingerprint density at radius 1 is 0.787 bits per heavy atom. The number of primary amides is 1. The van der Waals surface area contributed by atoms with Crippen LogP contribution in [0.15, 0.2) is 72.8 Å². The van der Waals surface area contributed by atoms with Crippen molar-refractivity contribution in [1.29, 1.82) is 0 Å². The molecule has 0 bridgehead atoms. The second-order valence-electron chi connectivity index (χ2n) is 15.7. The number of imidazole rings is 1. The monoisotopic (exact) mass is 834 g/mol. The maximum absolute atomic E-state index is 13.4. The zero-order chi connectivity index (χ0) is 44.1. The van der Waals surface area contributed by atoms with Crippen LogP contribution in [0.4, 0.5) is 21.1 Å². The fraction of sp³-hybridized carbons (Fsp3) is 0.400. The van der Waals surface area contributed by atoms with Crippen LogP contribution in [0.2, 0.25) is 0 Å². The van der Waals surface area contributed by atoms with Crippen molar-refractivity contribution in [3.8, 4) is 0 Å². The van der Waals surface area contributed by atoms with E-state index in [2.05, 4.69) is 49.1 Å². The summed E-state index contributed by atoms with van der Waals surface area (Å²) in [6.45, 7) is 10.3. The first-order chi connectivity index (χ1) is 29.2. The molecule has 16 nitrogen and oxygen atoms in total. The van der Waals surface area contributed by atoms with Crippen molar-refractivity contribution in [3.63, 3.8) is 0 Å². The minimum Gasteiger partial charge on any atom is -0.445 e. The Bertz CT molecular complexity index is 2310. The Morgan fingerprint density at radius 3 is 2.15 bits per heavy atom. The van der Waals surface area contributed by atoms with Gasteiger partial charge >= 0.3 is 12.1 Å². The molecular formula is C45H58N10O6. The zero-order valence-corrected chi connectivity index (χ0v) is 35.5. The molecule has 9 N–H and O–H groups in total. The van der Waals surface area contributed by atoms with E-state index in [-0.39, 0.29) is 43.9 Å². The zero-order valence-electron chi connectivity index (χ0n) is 35.5. The molecule has 2 aromatic heterocycles. The summed E-state index contributed by atoms with van der Waals surface area (Å²) in [4.78, 5) is 72.4. The molecule has 0 aliphatic rings. The summed E-state index contributed by atoms with van der Waals surface area (Å²) < 4.78 is 7.69. The molecule has 0 radical (unpaired) electrons. The predicted octanol–water partition coefficient (Wildman–Crippen LogP) is 5.65. The summed E-state index contributed by atoms with van der Waals surface area (Å²) in [6.07, 6.45) is 2.84. The number of nitrogens with zero attached hydrogens (tertiary/aromatic N) is 3. The van der Waals surface area contributed by atoms with Gasteiger partial charge in [0, 0.05) is 43.0 Å². The summed E-state index contributed by atoms with van der Waals surface area (Å²) >= 11 is 0. The van der Waals surface area contributed by atoms with Crippen molar-refractivity contribution in [2.75, 3.05) is 17.6 Å². The maximum atomic E-state index is 13.4. The lowest BCUT2D eigenvalue weighted by Gasteiger charge is -2.26. The molecule has 3 aromatic carbocycles. The molecule has 0 saturated carbocycles. The molecule has 5 rings (SSSR count). The van der Waals surface area contributed by atoms with Crippen LogP contribution in [0.25, 0.3) is 21.9 Å². The summed E-state index contributed by atoms with van der Waals surface area (Å²) in [5.41, 5.74) is 17.2. The molecule has 0 aliphatic heterocycles. The third-order valence-corrected chi connectivity index (χ3v) is 10.2. The number of aromatic nitrogens is 3. The van der Waals surface area contributed by atoms with Gasteiger partial charge in [-0.05, 0) is 60.1 Å². The molecule has 1 unspecified atom stereocenters. The topological polar surface area (TPSA) is 237 Å². The number of nitrogen functional groups attached to an aromatic ring is 1. The molecule has 0 saturated heterocycles. The summed E-state index contributed by atoms with van der Waals surface area (Å²) in [5, 5.41) is 14.6. The number of aryl methyl sites for hydroxylation is 1. The van der Waals surface area contributed by atoms with Crippen molar-refractivity contribution < 1.29 is 28.7 Å². The van der Waals surface area contributed by atoms with E-state index in [0.29, 0.717) is 35.6 Å². The van der Waals surface area contributed by atoms with E-state index in [1.165, 1.54) is 0 Å². The number of hydrogen-bond donors (Lipinski definition) is 7. The summed E-state index contributed by atoms with van der Waals surface area (Å²) in [5.74, 6) is -0.431. The largest absolute Gasteiger partial charge is 0.445 e. The number of unbranched alkanes of at least 4 members (excludes halogenated alkanes) is 1. The van der Waals surface area contributed by atoms with Crippen molar-refractivity contribution in [2.45, 2.75) is 98.5 Å². The van der Waals surface area contributed by atoms with Gasteiger partial charge in [0.1, 0.15) is 30.0 Å². The number of pyridine rings is 1. The van der Waals surface area contributed by atoms with Crippen LogP contribution in [-0.4, -0.2) is 63.0 Å². The molecule has 0 spiro atoms. The number of carbonyl (C=O) groups excluding carboxylic acids is 5. The fourth-order valence-electron chi connectivity index (χ4n) is 6.74. The Hall–Kier alpha value is -6.71. The van der Waals surface area contributed by atoms with Gasteiger partial charge in [0.25, 0.3) is 0 Å². The molecule has 2 heterocycles. The van der Waals surface area contributed by atoms with Gasteiger partial charge in [0.15, 0.2) is 5.82 Å². The average Bonchev–Trinajstić information content (AvgIpc) is 3.60. The number of alkyl carbamates (subject to hydrolysis) is 1. The highest BCUT2D eigenvalue weighted by Crippen LogP contribution is 2.30. The number of hydrogen-bond acceptors (Lipinski definition) is 9. The van der Waals surface area contributed by atoms with Gasteiger partial charge in [-0.2, -0.15) is 0 Å². The average molecular weight is 835 g/mol. The quantitative estimate of drug-likeness (QED) is 0.0479. The van der Waals surface area contributed by atoms with Crippen LogP contribution < -0.4 is 38.1 Å². The van der Waals surface area contributed by atoms with Gasteiger partial charge in [-0.25, -0.2) is 19.6 Å². The molecule has 324 valence electrons. The maximum Gasteiger partial charge on any atom is 0.407 e. The van der Waals surface area contributed by atoms with Crippen LogP contribution >= 0.6 is 0 Å². The second-order valence-corrected chi connectivity index (χ2v) is 15.7. The smallest absolute Gasteiger partial charge is 0.407 e. The van der Waals surface area contributed by atoms with Crippen LogP contribution in [0, 0.1) is 11.8 Å². The molecule has 0 aliphatic carbocycles. The number of fused-ring (bicyclic) bond motifs is 3. The van der Waals surface area contributed by atoms with Crippen LogP contribution in [-0.2, 0) is 45.2 Å². The van der Waals surface area contributed by atoms with E-state index in [0.717, 1.165) is 52.6 Å². The van der Waals surface area contributed by atoms with Crippen molar-refractivity contribution in [1.82, 2.24) is 35.8 Å². The number of para-hydroxylation sites is 1. The third-order valence-electron chi connectivity index (χ3n) is 10.2. The summed E-state index contributed by atoms with van der Waals surface area (Å²) in [7, 11) is 0. The number of nitrogens with one attached hydrogen (secondary N) is 5. The highest BCUT2D eigenvalue weighted by atomic mass is 16.5. The number of nitrogens with two attached hydrogens (primary N) is 2. The van der Waals surface area contributed by atoms with E-state index in [1.807, 2.05) is 42.5 Å². The number of anilines is 2. The molecular weight excluding hydrogens is 777 g/mol. The Balaban J connectivity index is 1.14. The third kappa shape index (κ3) is 12.6. The Labute approximate surface area is 356 Å². The van der Waals surface area contributed by atoms with Crippen LogP contribution in [0.1, 0.15) is 82.8 Å². The first-order valence-electron chi connectivity index (χ1n) is 20.8. The predicted molar refractivity (Wildman–Crippen MR) is 236 cm³/mol. The molecule has 6 amide bonds. The van der Waals surface area contributed by atoms with E-state index in [1.54, 1.807) is 52.0 Å². The highest BCUT2D eigenvalue weighted by molar-refractivity contribution is 6.06. The van der Waals surface area contributed by atoms with E-state index in [9.17, 15) is 24.0 Å². The van der Waals surface area contributed by atoms with Gasteiger partial charge in [-0.1, -0.05) is 95.6 Å². The van der Waals surface area contributed by atoms with Gasteiger partial charge in [0.05, 0.1) is 11.0 Å². The normalized spacial score (nSPS) is 12.2.